The van der Waals surface area contributed by atoms with Crippen molar-refractivity contribution in [2.45, 2.75) is 91.9 Å². The predicted octanol–water partition coefficient (Wildman–Crippen LogP) is 5.96. The average Bonchev–Trinajstić information content (AvgIpc) is 2.36. The Morgan fingerprint density at radius 1 is 1.19 bits per heavy atom. The normalized spacial score (nSPS) is 19.6. The van der Waals surface area contributed by atoms with Crippen LogP contribution < -0.4 is 0 Å². The molecule has 0 aliphatic heterocycles. The number of hydrogen-bond donors (Lipinski definition) is 1. The molecule has 1 aliphatic carbocycles. The second-order valence-corrected chi connectivity index (χ2v) is 7.53. The molecular formula is C19H34O2. The lowest BCUT2D eigenvalue weighted by Crippen LogP contribution is -2.24. The van der Waals surface area contributed by atoms with Crippen molar-refractivity contribution in [1.29, 1.82) is 0 Å². The number of carboxylic acid groups (broad SMARTS) is 1. The molecule has 0 bridgehead atoms. The molecule has 122 valence electrons. The molecule has 0 aromatic rings. The highest BCUT2D eigenvalue weighted by Crippen LogP contribution is 2.44. The van der Waals surface area contributed by atoms with Gasteiger partial charge in [0.1, 0.15) is 0 Å². The van der Waals surface area contributed by atoms with E-state index in [4.69, 9.17) is 5.11 Å². The molecule has 0 aromatic carbocycles. The quantitative estimate of drug-likeness (QED) is 0.420. The monoisotopic (exact) mass is 294 g/mol. The second kappa shape index (κ2) is 8.60. The summed E-state index contributed by atoms with van der Waals surface area (Å²) in [6.45, 7) is 9.55. The van der Waals surface area contributed by atoms with Gasteiger partial charge in [-0.05, 0) is 50.4 Å². The lowest BCUT2D eigenvalue weighted by Gasteiger charge is -2.38. The first-order valence-electron chi connectivity index (χ1n) is 8.76. The smallest absolute Gasteiger partial charge is 0.303 e. The summed E-state index contributed by atoms with van der Waals surface area (Å²) >= 11 is 0. The maximum atomic E-state index is 10.4. The molecule has 0 aromatic heterocycles. The summed E-state index contributed by atoms with van der Waals surface area (Å²) in [5, 5.41) is 8.60. The molecule has 0 saturated carbocycles. The van der Waals surface area contributed by atoms with Crippen LogP contribution in [0.5, 0.6) is 0 Å². The molecule has 0 fully saturated rings. The predicted molar refractivity (Wildman–Crippen MR) is 89.5 cm³/mol. The van der Waals surface area contributed by atoms with Crippen molar-refractivity contribution >= 4 is 5.97 Å². The van der Waals surface area contributed by atoms with Gasteiger partial charge in [0.25, 0.3) is 0 Å². The van der Waals surface area contributed by atoms with E-state index in [1.165, 1.54) is 44.9 Å². The molecule has 0 heterocycles. The summed E-state index contributed by atoms with van der Waals surface area (Å²) in [5.74, 6) is 0.0462. The van der Waals surface area contributed by atoms with Gasteiger partial charge in [-0.1, -0.05) is 57.6 Å². The first-order chi connectivity index (χ1) is 9.84. The fraction of sp³-hybridized carbons (Fsp3) is 0.842. The number of carboxylic acids is 1. The summed E-state index contributed by atoms with van der Waals surface area (Å²) in [6, 6.07) is 0. The number of allylic oxidation sites excluding steroid dienone is 2. The zero-order chi connectivity index (χ0) is 15.9. The van der Waals surface area contributed by atoms with Crippen LogP contribution in [0.2, 0.25) is 0 Å². The van der Waals surface area contributed by atoms with Gasteiger partial charge >= 0.3 is 5.97 Å². The highest BCUT2D eigenvalue weighted by atomic mass is 16.4. The average molecular weight is 294 g/mol. The first-order valence-corrected chi connectivity index (χ1v) is 8.76. The van der Waals surface area contributed by atoms with Crippen LogP contribution in [0.4, 0.5) is 0 Å². The summed E-state index contributed by atoms with van der Waals surface area (Å²) in [7, 11) is 0. The summed E-state index contributed by atoms with van der Waals surface area (Å²) in [4.78, 5) is 10.4. The third-order valence-corrected chi connectivity index (χ3v) is 5.06. The Hall–Kier alpha value is -0.790. The van der Waals surface area contributed by atoms with E-state index >= 15 is 0 Å². The fourth-order valence-electron chi connectivity index (χ4n) is 4.13. The molecule has 1 unspecified atom stereocenters. The van der Waals surface area contributed by atoms with Gasteiger partial charge in [0.2, 0.25) is 0 Å². The van der Waals surface area contributed by atoms with Gasteiger partial charge in [-0.3, -0.25) is 4.79 Å². The highest BCUT2D eigenvalue weighted by Gasteiger charge is 2.31. The Kier molecular flexibility index (Phi) is 7.48. The highest BCUT2D eigenvalue weighted by molar-refractivity contribution is 5.66. The molecule has 0 spiro atoms. The van der Waals surface area contributed by atoms with Gasteiger partial charge in [0.15, 0.2) is 0 Å². The second-order valence-electron chi connectivity index (χ2n) is 7.53. The minimum Gasteiger partial charge on any atom is -0.481 e. The SMILES string of the molecule is CC1=C(C(C)CCCCCCCC(=O)O)C(C)(C)CCC1. The number of carbonyl (C=O) groups is 1. The minimum atomic E-state index is -0.662. The zero-order valence-electron chi connectivity index (χ0n) is 14.5. The number of hydrogen-bond acceptors (Lipinski definition) is 1. The number of unbranched alkanes of at least 4 members (excludes halogenated alkanes) is 4. The van der Waals surface area contributed by atoms with E-state index in [-0.39, 0.29) is 0 Å². The molecule has 0 saturated heterocycles. The molecule has 0 amide bonds. The Morgan fingerprint density at radius 3 is 2.43 bits per heavy atom. The largest absolute Gasteiger partial charge is 0.481 e. The van der Waals surface area contributed by atoms with E-state index in [2.05, 4.69) is 27.7 Å². The maximum absolute atomic E-state index is 10.4. The Balaban J connectivity index is 2.27. The van der Waals surface area contributed by atoms with Gasteiger partial charge in [-0.25, -0.2) is 0 Å². The van der Waals surface area contributed by atoms with Crippen LogP contribution in [0.25, 0.3) is 0 Å². The van der Waals surface area contributed by atoms with E-state index < -0.39 is 5.97 Å². The summed E-state index contributed by atoms with van der Waals surface area (Å²) in [6.07, 6.45) is 11.2. The summed E-state index contributed by atoms with van der Waals surface area (Å²) in [5.41, 5.74) is 3.75. The van der Waals surface area contributed by atoms with Gasteiger partial charge in [-0.15, -0.1) is 0 Å². The topological polar surface area (TPSA) is 37.3 Å². The van der Waals surface area contributed by atoms with Crippen LogP contribution in [0.1, 0.15) is 91.9 Å². The van der Waals surface area contributed by atoms with Gasteiger partial charge < -0.3 is 5.11 Å². The Bertz CT molecular complexity index is 366. The van der Waals surface area contributed by atoms with E-state index in [1.54, 1.807) is 11.1 Å². The van der Waals surface area contributed by atoms with Gasteiger partial charge in [0.05, 0.1) is 0 Å². The molecule has 2 nitrogen and oxygen atoms in total. The third-order valence-electron chi connectivity index (χ3n) is 5.06. The van der Waals surface area contributed by atoms with Crippen LogP contribution in [-0.2, 0) is 4.79 Å². The number of aliphatic carboxylic acids is 1. The molecule has 21 heavy (non-hydrogen) atoms. The van der Waals surface area contributed by atoms with Gasteiger partial charge in [-0.2, -0.15) is 0 Å². The molecule has 1 atom stereocenters. The molecule has 0 radical (unpaired) electrons. The van der Waals surface area contributed by atoms with Crippen molar-refractivity contribution in [2.24, 2.45) is 11.3 Å². The van der Waals surface area contributed by atoms with E-state index in [0.717, 1.165) is 12.8 Å². The van der Waals surface area contributed by atoms with E-state index in [9.17, 15) is 4.79 Å². The van der Waals surface area contributed by atoms with Crippen molar-refractivity contribution in [3.05, 3.63) is 11.1 Å². The van der Waals surface area contributed by atoms with Crippen LogP contribution in [0, 0.1) is 11.3 Å². The fourth-order valence-corrected chi connectivity index (χ4v) is 4.13. The third kappa shape index (κ3) is 6.23. The van der Waals surface area contributed by atoms with Crippen molar-refractivity contribution in [2.75, 3.05) is 0 Å². The lowest BCUT2D eigenvalue weighted by molar-refractivity contribution is -0.137. The van der Waals surface area contributed by atoms with Crippen LogP contribution >= 0.6 is 0 Å². The summed E-state index contributed by atoms with van der Waals surface area (Å²) < 4.78 is 0. The molecular weight excluding hydrogens is 260 g/mol. The van der Waals surface area contributed by atoms with Crippen molar-refractivity contribution in [1.82, 2.24) is 0 Å². The first kappa shape index (κ1) is 18.3. The standard InChI is InChI=1S/C19H34O2/c1-15(11-8-6-5-7-9-13-17(20)21)18-16(2)12-10-14-19(18,3)4/h15H,5-14H2,1-4H3,(H,20,21). The van der Waals surface area contributed by atoms with Crippen LogP contribution in [-0.4, -0.2) is 11.1 Å². The molecule has 1 rings (SSSR count). The van der Waals surface area contributed by atoms with E-state index in [0.29, 0.717) is 17.8 Å². The van der Waals surface area contributed by atoms with Crippen LogP contribution in [0.3, 0.4) is 0 Å². The lowest BCUT2D eigenvalue weighted by atomic mass is 9.67. The van der Waals surface area contributed by atoms with Crippen molar-refractivity contribution in [3.63, 3.8) is 0 Å². The van der Waals surface area contributed by atoms with Crippen molar-refractivity contribution < 1.29 is 9.90 Å². The van der Waals surface area contributed by atoms with Crippen LogP contribution in [0.15, 0.2) is 11.1 Å². The molecule has 1 aliphatic rings. The number of rotatable bonds is 9. The zero-order valence-corrected chi connectivity index (χ0v) is 14.5. The van der Waals surface area contributed by atoms with Gasteiger partial charge in [0, 0.05) is 6.42 Å². The molecule has 2 heteroatoms. The minimum absolute atomic E-state index is 0.330. The Morgan fingerprint density at radius 2 is 1.81 bits per heavy atom. The Labute approximate surface area is 131 Å². The molecule has 1 N–H and O–H groups in total. The maximum Gasteiger partial charge on any atom is 0.303 e. The van der Waals surface area contributed by atoms with Crippen molar-refractivity contribution in [3.8, 4) is 0 Å². The van der Waals surface area contributed by atoms with E-state index in [1.807, 2.05) is 0 Å².